The summed E-state index contributed by atoms with van der Waals surface area (Å²) in [5.74, 6) is -1.08. The van der Waals surface area contributed by atoms with Gasteiger partial charge in [0, 0.05) is 25.1 Å². The fourth-order valence-corrected chi connectivity index (χ4v) is 1.78. The second-order valence-electron chi connectivity index (χ2n) is 5.40. The highest BCUT2D eigenvalue weighted by Gasteiger charge is 2.22. The van der Waals surface area contributed by atoms with Gasteiger partial charge in [0.05, 0.1) is 6.61 Å². The van der Waals surface area contributed by atoms with Gasteiger partial charge in [-0.25, -0.2) is 4.79 Å². The quantitative estimate of drug-likeness (QED) is 0.294. The summed E-state index contributed by atoms with van der Waals surface area (Å²) in [6.45, 7) is 4.29. The fraction of sp³-hybridized carbons (Fsp3) is 0.600. The van der Waals surface area contributed by atoms with E-state index in [2.05, 4.69) is 4.74 Å². The Kier molecular flexibility index (Phi) is 7.28. The fourth-order valence-electron chi connectivity index (χ4n) is 1.78. The van der Waals surface area contributed by atoms with Crippen molar-refractivity contribution in [3.63, 3.8) is 0 Å². The molecule has 0 radical (unpaired) electrons. The van der Waals surface area contributed by atoms with Gasteiger partial charge in [0.25, 0.3) is 11.8 Å². The first-order valence-electron chi connectivity index (χ1n) is 7.31. The van der Waals surface area contributed by atoms with Gasteiger partial charge in [-0.1, -0.05) is 20.3 Å². The highest BCUT2D eigenvalue weighted by atomic mass is 16.7. The van der Waals surface area contributed by atoms with Crippen molar-refractivity contribution in [2.24, 2.45) is 5.92 Å². The average molecular weight is 311 g/mol. The van der Waals surface area contributed by atoms with E-state index in [1.165, 1.54) is 12.2 Å². The van der Waals surface area contributed by atoms with E-state index in [-0.39, 0.29) is 30.8 Å². The minimum Gasteiger partial charge on any atom is -0.434 e. The third-order valence-corrected chi connectivity index (χ3v) is 2.89. The van der Waals surface area contributed by atoms with Crippen molar-refractivity contribution in [1.82, 2.24) is 4.90 Å². The van der Waals surface area contributed by atoms with E-state index >= 15 is 0 Å². The van der Waals surface area contributed by atoms with Crippen LogP contribution in [0.25, 0.3) is 0 Å². The zero-order valence-electron chi connectivity index (χ0n) is 12.9. The Bertz CT molecular complexity index is 451. The molecule has 0 unspecified atom stereocenters. The largest absolute Gasteiger partial charge is 0.516 e. The van der Waals surface area contributed by atoms with Gasteiger partial charge in [0.1, 0.15) is 0 Å². The molecule has 1 aliphatic rings. The maximum atomic E-state index is 11.4. The van der Waals surface area contributed by atoms with Crippen molar-refractivity contribution in [2.45, 2.75) is 39.5 Å². The van der Waals surface area contributed by atoms with E-state index < -0.39 is 12.1 Å². The molecule has 0 N–H and O–H groups in total. The van der Waals surface area contributed by atoms with Gasteiger partial charge in [0.15, 0.2) is 0 Å². The van der Waals surface area contributed by atoms with Crippen LogP contribution in [0.5, 0.6) is 0 Å². The maximum absolute atomic E-state index is 11.4. The van der Waals surface area contributed by atoms with Gasteiger partial charge >= 0.3 is 12.1 Å². The van der Waals surface area contributed by atoms with Crippen LogP contribution in [0, 0.1) is 5.92 Å². The molecule has 0 aromatic rings. The summed E-state index contributed by atoms with van der Waals surface area (Å²) in [6.07, 6.45) is 3.36. The summed E-state index contributed by atoms with van der Waals surface area (Å²) in [4.78, 5) is 46.2. The highest BCUT2D eigenvalue weighted by Crippen LogP contribution is 2.08. The summed E-state index contributed by atoms with van der Waals surface area (Å²) in [7, 11) is 0. The number of amides is 2. The number of nitrogens with zero attached hydrogens (tertiary/aromatic N) is 1. The van der Waals surface area contributed by atoms with Crippen LogP contribution < -0.4 is 0 Å². The van der Waals surface area contributed by atoms with E-state index in [1.807, 2.05) is 13.8 Å². The maximum Gasteiger partial charge on any atom is 0.516 e. The molecule has 0 aliphatic carbocycles. The van der Waals surface area contributed by atoms with Gasteiger partial charge in [-0.15, -0.1) is 0 Å². The standard InChI is InChI=1S/C15H21NO6/c1-11(2)10-21-15(20)22-14(19)6-4-3-5-9-16-12(17)7-8-13(16)18/h7-8,11H,3-6,9-10H2,1-2H3. The number of unbranched alkanes of at least 4 members (excludes halogenated alkanes) is 2. The number of carbonyl (C=O) groups excluding carboxylic acids is 4. The van der Waals surface area contributed by atoms with Gasteiger partial charge in [-0.3, -0.25) is 19.3 Å². The van der Waals surface area contributed by atoms with Gasteiger partial charge in [-0.05, 0) is 18.8 Å². The number of hydrogen-bond donors (Lipinski definition) is 0. The topological polar surface area (TPSA) is 90.0 Å². The van der Waals surface area contributed by atoms with E-state index in [0.717, 1.165) is 4.90 Å². The molecule has 1 rings (SSSR count). The third-order valence-electron chi connectivity index (χ3n) is 2.89. The molecular weight excluding hydrogens is 290 g/mol. The Labute approximate surface area is 129 Å². The van der Waals surface area contributed by atoms with Crippen molar-refractivity contribution in [2.75, 3.05) is 13.2 Å². The van der Waals surface area contributed by atoms with Crippen molar-refractivity contribution < 1.29 is 28.7 Å². The highest BCUT2D eigenvalue weighted by molar-refractivity contribution is 6.12. The molecule has 0 fully saturated rings. The van der Waals surface area contributed by atoms with Crippen molar-refractivity contribution in [3.05, 3.63) is 12.2 Å². The predicted octanol–water partition coefficient (Wildman–Crippen LogP) is 1.81. The molecule has 0 saturated carbocycles. The van der Waals surface area contributed by atoms with E-state index in [0.29, 0.717) is 25.8 Å². The molecular formula is C15H21NO6. The number of esters is 1. The van der Waals surface area contributed by atoms with Crippen LogP contribution in [-0.4, -0.2) is 42.0 Å². The number of rotatable bonds is 8. The summed E-state index contributed by atoms with van der Waals surface area (Å²) >= 11 is 0. The van der Waals surface area contributed by atoms with Gasteiger partial charge in [-0.2, -0.15) is 0 Å². The lowest BCUT2D eigenvalue weighted by Crippen LogP contribution is -2.30. The zero-order valence-corrected chi connectivity index (χ0v) is 12.9. The van der Waals surface area contributed by atoms with Crippen LogP contribution >= 0.6 is 0 Å². The van der Waals surface area contributed by atoms with Crippen molar-refractivity contribution >= 4 is 23.9 Å². The average Bonchev–Trinajstić information content (AvgIpc) is 2.76. The lowest BCUT2D eigenvalue weighted by atomic mass is 10.2. The first-order valence-corrected chi connectivity index (χ1v) is 7.31. The predicted molar refractivity (Wildman–Crippen MR) is 76.6 cm³/mol. The first kappa shape index (κ1) is 17.9. The zero-order chi connectivity index (χ0) is 16.5. The molecule has 2 amide bonds. The van der Waals surface area contributed by atoms with Crippen LogP contribution in [0.4, 0.5) is 4.79 Å². The first-order chi connectivity index (χ1) is 10.4. The molecule has 7 heteroatoms. The molecule has 0 spiro atoms. The summed E-state index contributed by atoms with van der Waals surface area (Å²) < 4.78 is 9.21. The monoisotopic (exact) mass is 311 g/mol. The summed E-state index contributed by atoms with van der Waals surface area (Å²) in [5.41, 5.74) is 0. The number of ether oxygens (including phenoxy) is 2. The number of imide groups is 1. The Balaban J connectivity index is 2.07. The molecule has 0 bridgehead atoms. The molecule has 0 saturated heterocycles. The normalized spacial score (nSPS) is 13.9. The molecule has 7 nitrogen and oxygen atoms in total. The SMILES string of the molecule is CC(C)COC(=O)OC(=O)CCCCCN1C(=O)C=CC1=O. The molecule has 0 atom stereocenters. The molecule has 0 aromatic carbocycles. The smallest absolute Gasteiger partial charge is 0.434 e. The Morgan fingerprint density at radius 2 is 1.73 bits per heavy atom. The van der Waals surface area contributed by atoms with E-state index in [9.17, 15) is 19.2 Å². The van der Waals surface area contributed by atoms with Crippen molar-refractivity contribution in [1.29, 1.82) is 0 Å². The van der Waals surface area contributed by atoms with Crippen LogP contribution in [-0.2, 0) is 23.9 Å². The Hall–Kier alpha value is -2.18. The molecule has 1 heterocycles. The second-order valence-corrected chi connectivity index (χ2v) is 5.40. The van der Waals surface area contributed by atoms with E-state index in [1.54, 1.807) is 0 Å². The van der Waals surface area contributed by atoms with Gasteiger partial charge < -0.3 is 9.47 Å². The van der Waals surface area contributed by atoms with Crippen LogP contribution in [0.15, 0.2) is 12.2 Å². The summed E-state index contributed by atoms with van der Waals surface area (Å²) in [6, 6.07) is 0. The minimum atomic E-state index is -0.974. The lowest BCUT2D eigenvalue weighted by Gasteiger charge is -2.12. The second kappa shape index (κ2) is 8.96. The number of hydrogen-bond acceptors (Lipinski definition) is 6. The Morgan fingerprint density at radius 3 is 2.32 bits per heavy atom. The van der Waals surface area contributed by atoms with E-state index in [4.69, 9.17) is 4.74 Å². The molecule has 1 aliphatic heterocycles. The number of carbonyl (C=O) groups is 4. The Morgan fingerprint density at radius 1 is 1.09 bits per heavy atom. The molecule has 22 heavy (non-hydrogen) atoms. The minimum absolute atomic E-state index is 0.0942. The molecule has 0 aromatic heterocycles. The summed E-state index contributed by atoms with van der Waals surface area (Å²) in [5, 5.41) is 0. The van der Waals surface area contributed by atoms with Crippen LogP contribution in [0.2, 0.25) is 0 Å². The third kappa shape index (κ3) is 6.51. The van der Waals surface area contributed by atoms with Crippen LogP contribution in [0.1, 0.15) is 39.5 Å². The lowest BCUT2D eigenvalue weighted by molar-refractivity contribution is -0.140. The molecule has 122 valence electrons. The van der Waals surface area contributed by atoms with Crippen LogP contribution in [0.3, 0.4) is 0 Å². The van der Waals surface area contributed by atoms with Gasteiger partial charge in [0.2, 0.25) is 0 Å². The van der Waals surface area contributed by atoms with Crippen molar-refractivity contribution in [3.8, 4) is 0 Å².